The van der Waals surface area contributed by atoms with E-state index in [0.29, 0.717) is 13.0 Å². The first-order chi connectivity index (χ1) is 17.2. The molecular formula is C25H32ClF5N4O3. The molecule has 2 heterocycles. The summed E-state index contributed by atoms with van der Waals surface area (Å²) in [7, 11) is 0. The molecule has 2 aromatic rings. The predicted molar refractivity (Wildman–Crippen MR) is 133 cm³/mol. The largest absolute Gasteiger partial charge is 0.481 e. The maximum absolute atomic E-state index is 13.7. The first kappa shape index (κ1) is 31.5. The molecule has 1 amide bonds. The van der Waals surface area contributed by atoms with Crippen LogP contribution in [0, 0.1) is 5.92 Å². The van der Waals surface area contributed by atoms with Crippen molar-refractivity contribution in [2.24, 2.45) is 5.92 Å². The number of hydrogen-bond donors (Lipinski definition) is 2. The molecule has 1 aromatic carbocycles. The Bertz CT molecular complexity index is 1110. The molecular weight excluding hydrogens is 535 g/mol. The van der Waals surface area contributed by atoms with Crippen LogP contribution in [-0.4, -0.2) is 63.3 Å². The van der Waals surface area contributed by atoms with Crippen LogP contribution in [0.1, 0.15) is 55.6 Å². The van der Waals surface area contributed by atoms with E-state index in [1.807, 2.05) is 13.8 Å². The highest BCUT2D eigenvalue weighted by Crippen LogP contribution is 2.37. The van der Waals surface area contributed by atoms with Crippen molar-refractivity contribution in [2.75, 3.05) is 19.6 Å². The van der Waals surface area contributed by atoms with E-state index in [1.165, 1.54) is 33.8 Å². The fourth-order valence-electron chi connectivity index (χ4n) is 4.45. The van der Waals surface area contributed by atoms with Crippen molar-refractivity contribution in [3.05, 3.63) is 41.6 Å². The smallest absolute Gasteiger partial charge is 0.417 e. The topological polar surface area (TPSA) is 87.5 Å². The Morgan fingerprint density at radius 1 is 1.21 bits per heavy atom. The molecule has 3 rings (SSSR count). The third-order valence-corrected chi connectivity index (χ3v) is 6.08. The zero-order valence-electron chi connectivity index (χ0n) is 21.1. The number of benzene rings is 1. The standard InChI is InChI=1S/C25H31F5N4O3.ClH/c1-16(2)14-34-21(18-6-3-4-7-19(18)25(28,29)30)13-20(32-34)23(37)31-17(12-22(35)36)8-11-33-10-5-9-24(26,27)15-33;/h3-4,6-7,13,16-17H,5,8-12,14-15H2,1-2H3,(H,31,37)(H,35,36);1H/t17-;/m0./s1. The summed E-state index contributed by atoms with van der Waals surface area (Å²) < 4.78 is 69.7. The normalized spacial score (nSPS) is 16.6. The van der Waals surface area contributed by atoms with Gasteiger partial charge in [-0.15, -0.1) is 12.4 Å². The summed E-state index contributed by atoms with van der Waals surface area (Å²) in [4.78, 5) is 25.9. The van der Waals surface area contributed by atoms with Crippen LogP contribution < -0.4 is 5.32 Å². The van der Waals surface area contributed by atoms with Crippen molar-refractivity contribution < 1.29 is 36.6 Å². The zero-order chi connectivity index (χ0) is 27.4. The Morgan fingerprint density at radius 2 is 1.89 bits per heavy atom. The van der Waals surface area contributed by atoms with E-state index in [0.717, 1.165) is 6.07 Å². The van der Waals surface area contributed by atoms with Crippen LogP contribution in [0.3, 0.4) is 0 Å². The first-order valence-corrected chi connectivity index (χ1v) is 12.1. The summed E-state index contributed by atoms with van der Waals surface area (Å²) >= 11 is 0. The molecule has 1 atom stereocenters. The first-order valence-electron chi connectivity index (χ1n) is 12.1. The summed E-state index contributed by atoms with van der Waals surface area (Å²) in [5.41, 5.74) is -1.05. The van der Waals surface area contributed by atoms with E-state index >= 15 is 0 Å². The lowest BCUT2D eigenvalue weighted by Crippen LogP contribution is -2.45. The van der Waals surface area contributed by atoms with Gasteiger partial charge in [-0.2, -0.15) is 18.3 Å². The van der Waals surface area contributed by atoms with Gasteiger partial charge in [0.05, 0.1) is 24.2 Å². The number of carboxylic acid groups (broad SMARTS) is 1. The number of aliphatic carboxylic acids is 1. The fraction of sp³-hybridized carbons (Fsp3) is 0.560. The molecule has 0 saturated carbocycles. The lowest BCUT2D eigenvalue weighted by Gasteiger charge is -2.33. The Morgan fingerprint density at radius 3 is 2.50 bits per heavy atom. The van der Waals surface area contributed by atoms with E-state index in [1.54, 1.807) is 0 Å². The molecule has 1 aliphatic heterocycles. The van der Waals surface area contributed by atoms with Crippen molar-refractivity contribution in [2.45, 2.75) is 64.2 Å². The van der Waals surface area contributed by atoms with Crippen LogP contribution in [0.4, 0.5) is 22.0 Å². The maximum atomic E-state index is 13.7. The van der Waals surface area contributed by atoms with Crippen LogP contribution in [-0.2, 0) is 17.5 Å². The number of carbonyl (C=O) groups is 2. The van der Waals surface area contributed by atoms with E-state index in [2.05, 4.69) is 10.4 Å². The van der Waals surface area contributed by atoms with Gasteiger partial charge in [0, 0.05) is 31.1 Å². The number of nitrogens with one attached hydrogen (secondary N) is 1. The maximum Gasteiger partial charge on any atom is 0.417 e. The molecule has 212 valence electrons. The Labute approximate surface area is 223 Å². The highest BCUT2D eigenvalue weighted by molar-refractivity contribution is 5.94. The lowest BCUT2D eigenvalue weighted by molar-refractivity contribution is -0.138. The molecule has 1 aromatic heterocycles. The molecule has 13 heteroatoms. The zero-order valence-corrected chi connectivity index (χ0v) is 21.9. The van der Waals surface area contributed by atoms with Gasteiger partial charge in [-0.25, -0.2) is 8.78 Å². The third-order valence-electron chi connectivity index (χ3n) is 6.08. The van der Waals surface area contributed by atoms with Gasteiger partial charge < -0.3 is 10.4 Å². The van der Waals surface area contributed by atoms with Gasteiger partial charge in [-0.05, 0) is 37.4 Å². The van der Waals surface area contributed by atoms with E-state index in [-0.39, 0.29) is 61.2 Å². The molecule has 1 aliphatic rings. The Balaban J connectivity index is 0.00000507. The Hall–Kier alpha value is -2.73. The number of carboxylic acids is 1. The highest BCUT2D eigenvalue weighted by atomic mass is 35.5. The number of alkyl halides is 5. The molecule has 0 aliphatic carbocycles. The van der Waals surface area contributed by atoms with E-state index in [4.69, 9.17) is 0 Å². The number of hydrogen-bond acceptors (Lipinski definition) is 4. The number of rotatable bonds is 10. The molecule has 0 bridgehead atoms. The summed E-state index contributed by atoms with van der Waals surface area (Å²) in [6.07, 6.45) is -4.82. The van der Waals surface area contributed by atoms with Crippen molar-refractivity contribution in [1.29, 1.82) is 0 Å². The summed E-state index contributed by atoms with van der Waals surface area (Å²) in [5.74, 6) is -4.73. The predicted octanol–water partition coefficient (Wildman–Crippen LogP) is 5.34. The average Bonchev–Trinajstić information content (AvgIpc) is 3.19. The quantitative estimate of drug-likeness (QED) is 0.379. The van der Waals surface area contributed by atoms with Gasteiger partial charge >= 0.3 is 12.1 Å². The van der Waals surface area contributed by atoms with Crippen LogP contribution in [0.25, 0.3) is 11.3 Å². The van der Waals surface area contributed by atoms with Gasteiger partial charge in [-0.1, -0.05) is 32.0 Å². The molecule has 0 spiro atoms. The van der Waals surface area contributed by atoms with Crippen LogP contribution in [0.2, 0.25) is 0 Å². The summed E-state index contributed by atoms with van der Waals surface area (Å²) in [6, 6.07) is 5.38. The van der Waals surface area contributed by atoms with Gasteiger partial charge in [0.1, 0.15) is 0 Å². The van der Waals surface area contributed by atoms with Gasteiger partial charge in [0.2, 0.25) is 0 Å². The van der Waals surface area contributed by atoms with E-state index in [9.17, 15) is 36.6 Å². The second-order valence-electron chi connectivity index (χ2n) is 9.83. The number of nitrogens with zero attached hydrogens (tertiary/aromatic N) is 3. The third kappa shape index (κ3) is 8.65. The summed E-state index contributed by atoms with van der Waals surface area (Å²) in [5, 5.41) is 16.1. The molecule has 0 radical (unpaired) electrons. The average molecular weight is 567 g/mol. The molecule has 1 saturated heterocycles. The van der Waals surface area contributed by atoms with Crippen LogP contribution >= 0.6 is 12.4 Å². The van der Waals surface area contributed by atoms with E-state index < -0.39 is 48.5 Å². The summed E-state index contributed by atoms with van der Waals surface area (Å²) in [6.45, 7) is 4.14. The van der Waals surface area contributed by atoms with Crippen LogP contribution in [0.5, 0.6) is 0 Å². The number of piperidine rings is 1. The van der Waals surface area contributed by atoms with Crippen LogP contribution in [0.15, 0.2) is 30.3 Å². The SMILES string of the molecule is CC(C)Cn1nc(C(=O)N[C@@H](CCN2CCCC(F)(F)C2)CC(=O)O)cc1-c1ccccc1C(F)(F)F.Cl. The highest BCUT2D eigenvalue weighted by Gasteiger charge is 2.36. The molecule has 1 fully saturated rings. The minimum Gasteiger partial charge on any atom is -0.481 e. The Kier molecular flexibility index (Phi) is 10.7. The molecule has 7 nitrogen and oxygen atoms in total. The van der Waals surface area contributed by atoms with Gasteiger partial charge in [-0.3, -0.25) is 19.2 Å². The second-order valence-corrected chi connectivity index (χ2v) is 9.83. The van der Waals surface area contributed by atoms with Crippen molar-refractivity contribution in [3.8, 4) is 11.3 Å². The number of likely N-dealkylation sites (tertiary alicyclic amines) is 1. The minimum atomic E-state index is -4.62. The lowest BCUT2D eigenvalue weighted by atomic mass is 10.0. The van der Waals surface area contributed by atoms with Gasteiger partial charge in [0.25, 0.3) is 11.8 Å². The monoisotopic (exact) mass is 566 g/mol. The number of halogens is 6. The molecule has 2 N–H and O–H groups in total. The number of aromatic nitrogens is 2. The number of amides is 1. The van der Waals surface area contributed by atoms with Crippen molar-refractivity contribution >= 4 is 24.3 Å². The fourth-order valence-corrected chi connectivity index (χ4v) is 4.45. The second kappa shape index (κ2) is 12.9. The minimum absolute atomic E-state index is 0. The molecule has 38 heavy (non-hydrogen) atoms. The number of carbonyl (C=O) groups excluding carboxylic acids is 1. The van der Waals surface area contributed by atoms with Gasteiger partial charge in [0.15, 0.2) is 5.69 Å². The van der Waals surface area contributed by atoms with Crippen molar-refractivity contribution in [1.82, 2.24) is 20.0 Å². The van der Waals surface area contributed by atoms with Crippen molar-refractivity contribution in [3.63, 3.8) is 0 Å². The molecule has 0 unspecified atom stereocenters.